The van der Waals surface area contributed by atoms with Crippen LogP contribution in [0.5, 0.6) is 0 Å². The van der Waals surface area contributed by atoms with Gasteiger partial charge in [0.25, 0.3) is 5.91 Å². The molecule has 32 heavy (non-hydrogen) atoms. The number of carbonyl (C=O) groups excluding carboxylic acids is 1. The Hall–Kier alpha value is -3.03. The molecule has 5 rings (SSSR count). The molecule has 0 bridgehead atoms. The zero-order valence-electron chi connectivity index (χ0n) is 18.0. The summed E-state index contributed by atoms with van der Waals surface area (Å²) in [6, 6.07) is 16.1. The lowest BCUT2D eigenvalue weighted by Crippen LogP contribution is -2.43. The van der Waals surface area contributed by atoms with Crippen molar-refractivity contribution in [1.82, 2.24) is 15.1 Å². The fourth-order valence-corrected chi connectivity index (χ4v) is 4.66. The molecule has 7 heteroatoms. The number of benzene rings is 2. The standard InChI is InChI=1S/C25H27FN4O2/c26-20-8-6-19(7-9-20)24-21-22(18-4-2-1-3-5-18)27-10-11-28-23(21)25(31)30(24)13-12-29-14-16-32-17-15-29/h1-9,24,28H,10-17H2. The first-order chi connectivity index (χ1) is 15.7. The summed E-state index contributed by atoms with van der Waals surface area (Å²) in [5.41, 5.74) is 4.20. The topological polar surface area (TPSA) is 57.2 Å². The van der Waals surface area contributed by atoms with Crippen molar-refractivity contribution in [1.29, 1.82) is 0 Å². The van der Waals surface area contributed by atoms with E-state index in [0.29, 0.717) is 25.3 Å². The van der Waals surface area contributed by atoms with Gasteiger partial charge in [0.1, 0.15) is 11.5 Å². The molecule has 0 aliphatic carbocycles. The number of amides is 1. The van der Waals surface area contributed by atoms with Gasteiger partial charge in [-0.2, -0.15) is 0 Å². The van der Waals surface area contributed by atoms with Gasteiger partial charge in [0.2, 0.25) is 0 Å². The minimum absolute atomic E-state index is 0.0203. The van der Waals surface area contributed by atoms with Crippen molar-refractivity contribution in [3.05, 3.63) is 82.8 Å². The predicted octanol–water partition coefficient (Wildman–Crippen LogP) is 2.39. The van der Waals surface area contributed by atoms with Crippen molar-refractivity contribution >= 4 is 11.6 Å². The highest BCUT2D eigenvalue weighted by Crippen LogP contribution is 2.39. The summed E-state index contributed by atoms with van der Waals surface area (Å²) in [6.07, 6.45) is 0. The molecule has 3 aliphatic rings. The molecule has 1 fully saturated rings. The van der Waals surface area contributed by atoms with Crippen LogP contribution in [0.4, 0.5) is 4.39 Å². The second kappa shape index (κ2) is 9.22. The van der Waals surface area contributed by atoms with E-state index < -0.39 is 0 Å². The molecule has 3 heterocycles. The predicted molar refractivity (Wildman–Crippen MR) is 121 cm³/mol. The summed E-state index contributed by atoms with van der Waals surface area (Å²) in [5, 5.41) is 3.34. The molecule has 1 atom stereocenters. The molecule has 1 unspecified atom stereocenters. The number of rotatable bonds is 5. The summed E-state index contributed by atoms with van der Waals surface area (Å²) in [4.78, 5) is 22.7. The van der Waals surface area contributed by atoms with Crippen LogP contribution in [-0.4, -0.2) is 73.9 Å². The van der Waals surface area contributed by atoms with Crippen LogP contribution in [0.1, 0.15) is 17.2 Å². The fourth-order valence-electron chi connectivity index (χ4n) is 4.66. The zero-order chi connectivity index (χ0) is 21.9. The maximum atomic E-state index is 13.7. The lowest BCUT2D eigenvalue weighted by atomic mass is 9.91. The van der Waals surface area contributed by atoms with Crippen LogP contribution in [0.2, 0.25) is 0 Å². The Morgan fingerprint density at radius 1 is 1.03 bits per heavy atom. The second-order valence-corrected chi connectivity index (χ2v) is 8.22. The number of carbonyl (C=O) groups is 1. The number of nitrogens with one attached hydrogen (secondary N) is 1. The Morgan fingerprint density at radius 3 is 2.53 bits per heavy atom. The van der Waals surface area contributed by atoms with Crippen LogP contribution in [-0.2, 0) is 9.53 Å². The third-order valence-corrected chi connectivity index (χ3v) is 6.26. The van der Waals surface area contributed by atoms with Gasteiger partial charge in [-0.15, -0.1) is 0 Å². The second-order valence-electron chi connectivity index (χ2n) is 8.22. The number of hydrogen-bond donors (Lipinski definition) is 1. The Labute approximate surface area is 187 Å². The van der Waals surface area contributed by atoms with Gasteiger partial charge in [-0.25, -0.2) is 4.39 Å². The van der Waals surface area contributed by atoms with Crippen LogP contribution in [0, 0.1) is 5.82 Å². The van der Waals surface area contributed by atoms with Gasteiger partial charge in [-0.1, -0.05) is 42.5 Å². The Morgan fingerprint density at radius 2 is 1.78 bits per heavy atom. The maximum Gasteiger partial charge on any atom is 0.271 e. The number of nitrogens with zero attached hydrogens (tertiary/aromatic N) is 3. The van der Waals surface area contributed by atoms with Gasteiger partial charge in [-0.05, 0) is 17.7 Å². The average molecular weight is 435 g/mol. The SMILES string of the molecule is O=C1C2=C(C(c3ccccc3)=NCCN2)C(c2ccc(F)cc2)N1CCN1CCOCC1. The lowest BCUT2D eigenvalue weighted by molar-refractivity contribution is -0.127. The van der Waals surface area contributed by atoms with Gasteiger partial charge in [-0.3, -0.25) is 14.7 Å². The molecule has 3 aliphatic heterocycles. The van der Waals surface area contributed by atoms with Crippen molar-refractivity contribution in [2.75, 3.05) is 52.5 Å². The smallest absolute Gasteiger partial charge is 0.271 e. The van der Waals surface area contributed by atoms with Crippen molar-refractivity contribution in [3.63, 3.8) is 0 Å². The largest absolute Gasteiger partial charge is 0.379 e. The van der Waals surface area contributed by atoms with Crippen LogP contribution in [0.3, 0.4) is 0 Å². The first-order valence-corrected chi connectivity index (χ1v) is 11.2. The normalized spacial score (nSPS) is 21.8. The number of ether oxygens (including phenoxy) is 1. The minimum atomic E-state index is -0.316. The summed E-state index contributed by atoms with van der Waals surface area (Å²) in [7, 11) is 0. The van der Waals surface area contributed by atoms with Crippen molar-refractivity contribution in [2.24, 2.45) is 4.99 Å². The van der Waals surface area contributed by atoms with E-state index in [1.165, 1.54) is 12.1 Å². The molecule has 166 valence electrons. The van der Waals surface area contributed by atoms with E-state index in [-0.39, 0.29) is 17.8 Å². The quantitative estimate of drug-likeness (QED) is 0.785. The van der Waals surface area contributed by atoms with Gasteiger partial charge in [0.15, 0.2) is 0 Å². The summed E-state index contributed by atoms with van der Waals surface area (Å²) in [5.74, 6) is -0.309. The van der Waals surface area contributed by atoms with E-state index in [1.807, 2.05) is 35.2 Å². The number of morpholine rings is 1. The van der Waals surface area contributed by atoms with Crippen LogP contribution in [0.15, 0.2) is 70.9 Å². The molecule has 1 N–H and O–H groups in total. The van der Waals surface area contributed by atoms with Crippen molar-refractivity contribution in [2.45, 2.75) is 6.04 Å². The summed E-state index contributed by atoms with van der Waals surface area (Å²) >= 11 is 0. The van der Waals surface area contributed by atoms with Crippen LogP contribution >= 0.6 is 0 Å². The molecule has 0 saturated carbocycles. The number of halogens is 1. The summed E-state index contributed by atoms with van der Waals surface area (Å²) in [6.45, 7) is 5.72. The minimum Gasteiger partial charge on any atom is -0.379 e. The molecular weight excluding hydrogens is 407 g/mol. The number of aliphatic imine (C=N–C) groups is 1. The van der Waals surface area contributed by atoms with Gasteiger partial charge >= 0.3 is 0 Å². The number of hydrogen-bond acceptors (Lipinski definition) is 5. The zero-order valence-corrected chi connectivity index (χ0v) is 18.0. The highest BCUT2D eigenvalue weighted by molar-refractivity contribution is 6.19. The third-order valence-electron chi connectivity index (χ3n) is 6.26. The van der Waals surface area contributed by atoms with E-state index >= 15 is 0 Å². The van der Waals surface area contributed by atoms with E-state index in [4.69, 9.17) is 9.73 Å². The highest BCUT2D eigenvalue weighted by atomic mass is 19.1. The average Bonchev–Trinajstić information content (AvgIpc) is 2.97. The van der Waals surface area contributed by atoms with E-state index in [9.17, 15) is 9.18 Å². The molecule has 1 amide bonds. The molecule has 1 saturated heterocycles. The molecule has 2 aromatic carbocycles. The molecule has 6 nitrogen and oxygen atoms in total. The van der Waals surface area contributed by atoms with Gasteiger partial charge < -0.3 is 15.0 Å². The monoisotopic (exact) mass is 434 g/mol. The molecule has 0 spiro atoms. The van der Waals surface area contributed by atoms with Gasteiger partial charge in [0, 0.05) is 43.9 Å². The molecular formula is C25H27FN4O2. The molecule has 2 aromatic rings. The highest BCUT2D eigenvalue weighted by Gasteiger charge is 2.43. The maximum absolute atomic E-state index is 13.7. The molecule has 0 aromatic heterocycles. The Balaban J connectivity index is 1.54. The Bertz CT molecular complexity index is 1030. The lowest BCUT2D eigenvalue weighted by Gasteiger charge is -2.32. The van der Waals surface area contributed by atoms with Crippen molar-refractivity contribution in [3.8, 4) is 0 Å². The van der Waals surface area contributed by atoms with Crippen molar-refractivity contribution < 1.29 is 13.9 Å². The Kier molecular flexibility index (Phi) is 6.01. The van der Waals surface area contributed by atoms with Gasteiger partial charge in [0.05, 0.1) is 31.5 Å². The third kappa shape index (κ3) is 4.06. The van der Waals surface area contributed by atoms with E-state index in [1.54, 1.807) is 12.1 Å². The first kappa shape index (κ1) is 20.8. The summed E-state index contributed by atoms with van der Waals surface area (Å²) < 4.78 is 19.2. The first-order valence-electron chi connectivity index (χ1n) is 11.2. The van der Waals surface area contributed by atoms with E-state index in [0.717, 1.165) is 55.3 Å². The molecule has 0 radical (unpaired) electrons. The van der Waals surface area contributed by atoms with Crippen LogP contribution in [0.25, 0.3) is 0 Å². The van der Waals surface area contributed by atoms with E-state index in [2.05, 4.69) is 10.2 Å². The fraction of sp³-hybridized carbons (Fsp3) is 0.360. The van der Waals surface area contributed by atoms with Crippen LogP contribution < -0.4 is 5.32 Å².